The first-order valence-electron chi connectivity index (χ1n) is 9.97. The molecule has 1 aliphatic heterocycles. The summed E-state index contributed by atoms with van der Waals surface area (Å²) in [4.78, 5) is 21.3. The Labute approximate surface area is 213 Å². The van der Waals surface area contributed by atoms with Gasteiger partial charge in [0.05, 0.1) is 9.85 Å². The van der Waals surface area contributed by atoms with Crippen LogP contribution in [0.2, 0.25) is 0 Å². The molecular formula is C22H22N2O6S4. The molecule has 0 saturated heterocycles. The van der Waals surface area contributed by atoms with Gasteiger partial charge in [-0.3, -0.25) is 20.2 Å². The van der Waals surface area contributed by atoms with Crippen LogP contribution in [0.1, 0.15) is 33.4 Å². The van der Waals surface area contributed by atoms with Crippen molar-refractivity contribution in [2.45, 2.75) is 36.9 Å². The first kappa shape index (κ1) is 26.3. The highest BCUT2D eigenvalue weighted by atomic mass is 32.2. The SMILES string of the molecule is Cc1cc2c(O)c(c1)CSC(=C[N+](=O)[O-])SCc1cc(C)cc(c1O)CSC(=C[N+](=O)[O-])SC2. The molecule has 0 unspecified atom stereocenters. The molecule has 0 spiro atoms. The number of nitrogens with zero attached hydrogens (tertiary/aromatic N) is 2. The van der Waals surface area contributed by atoms with Gasteiger partial charge in [0.25, 0.3) is 12.4 Å². The second kappa shape index (κ2) is 11.9. The zero-order valence-corrected chi connectivity index (χ0v) is 21.6. The van der Waals surface area contributed by atoms with Crippen molar-refractivity contribution >= 4 is 47.0 Å². The van der Waals surface area contributed by atoms with Crippen LogP contribution in [0.25, 0.3) is 0 Å². The molecule has 180 valence electrons. The fraction of sp³-hybridized carbons (Fsp3) is 0.273. The molecule has 0 radical (unpaired) electrons. The highest BCUT2D eigenvalue weighted by Crippen LogP contribution is 2.42. The standard InChI is InChI=1S/C22H22N2O6S4/c1-13-3-15-9-31-19(7-23(27)28)33-11-17-5-14(2)6-18(22(17)26)12-34-20(8-24(29)30)32-10-16(4-13)21(15)25/h3-8,25-26H,9-12H2,1-2H3. The van der Waals surface area contributed by atoms with Gasteiger partial charge in [0.1, 0.15) is 20.0 Å². The van der Waals surface area contributed by atoms with Gasteiger partial charge in [-0.1, -0.05) is 35.4 Å². The second-order valence-corrected chi connectivity index (χ2v) is 12.1. The van der Waals surface area contributed by atoms with Crippen LogP contribution in [0.4, 0.5) is 0 Å². The molecule has 2 N–H and O–H groups in total. The van der Waals surface area contributed by atoms with E-state index in [0.717, 1.165) is 23.5 Å². The van der Waals surface area contributed by atoms with Gasteiger partial charge in [-0.15, -0.1) is 47.0 Å². The van der Waals surface area contributed by atoms with E-state index in [9.17, 15) is 30.4 Å². The fourth-order valence-electron chi connectivity index (χ4n) is 3.31. The summed E-state index contributed by atoms with van der Waals surface area (Å²) >= 11 is 4.98. The Morgan fingerprint density at radius 1 is 0.676 bits per heavy atom. The molecule has 8 nitrogen and oxygen atoms in total. The highest BCUT2D eigenvalue weighted by Gasteiger charge is 2.17. The molecule has 0 aromatic heterocycles. The molecule has 3 rings (SSSR count). The number of aromatic hydroxyl groups is 2. The molecule has 1 aliphatic rings. The van der Waals surface area contributed by atoms with Crippen LogP contribution in [0.5, 0.6) is 11.5 Å². The summed E-state index contributed by atoms with van der Waals surface area (Å²) in [7, 11) is 0. The van der Waals surface area contributed by atoms with E-state index in [4.69, 9.17) is 0 Å². The zero-order chi connectivity index (χ0) is 24.8. The van der Waals surface area contributed by atoms with E-state index < -0.39 is 9.85 Å². The molecule has 2 aromatic rings. The summed E-state index contributed by atoms with van der Waals surface area (Å²) in [5.41, 5.74) is 4.37. The number of hydrogen-bond acceptors (Lipinski definition) is 10. The maximum Gasteiger partial charge on any atom is 0.254 e. The molecule has 0 amide bonds. The van der Waals surface area contributed by atoms with Crippen LogP contribution in [-0.4, -0.2) is 20.1 Å². The number of thioether (sulfide) groups is 4. The van der Waals surface area contributed by atoms with E-state index in [-0.39, 0.29) is 11.5 Å². The molecule has 12 heteroatoms. The van der Waals surface area contributed by atoms with E-state index in [1.54, 1.807) is 0 Å². The predicted molar refractivity (Wildman–Crippen MR) is 141 cm³/mol. The molecule has 1 heterocycles. The Hall–Kier alpha value is -2.28. The van der Waals surface area contributed by atoms with E-state index in [1.165, 1.54) is 47.0 Å². The number of rotatable bonds is 2. The minimum absolute atomic E-state index is 0.0899. The van der Waals surface area contributed by atoms with E-state index in [2.05, 4.69) is 0 Å². The van der Waals surface area contributed by atoms with Crippen molar-refractivity contribution in [1.82, 2.24) is 0 Å². The largest absolute Gasteiger partial charge is 0.507 e. The van der Waals surface area contributed by atoms with E-state index in [0.29, 0.717) is 53.7 Å². The topological polar surface area (TPSA) is 127 Å². The number of fused-ring (bicyclic) bond motifs is 4. The van der Waals surface area contributed by atoms with Crippen molar-refractivity contribution in [2.24, 2.45) is 0 Å². The van der Waals surface area contributed by atoms with Gasteiger partial charge in [-0.05, 0) is 13.8 Å². The third kappa shape index (κ3) is 7.36. The Morgan fingerprint density at radius 2 is 0.941 bits per heavy atom. The maximum atomic E-state index is 11.2. The minimum Gasteiger partial charge on any atom is -0.507 e. The summed E-state index contributed by atoms with van der Waals surface area (Å²) in [6, 6.07) is 7.31. The number of nitro groups is 2. The van der Waals surface area contributed by atoms with Crippen molar-refractivity contribution in [3.05, 3.63) is 98.7 Å². The van der Waals surface area contributed by atoms with Gasteiger partial charge in [0.15, 0.2) is 0 Å². The summed E-state index contributed by atoms with van der Waals surface area (Å²) < 4.78 is 0.920. The van der Waals surface area contributed by atoms with Crippen LogP contribution < -0.4 is 0 Å². The lowest BCUT2D eigenvalue weighted by Gasteiger charge is -2.15. The average molecular weight is 539 g/mol. The Balaban J connectivity index is 2.04. The Kier molecular flexibility index (Phi) is 9.23. The maximum absolute atomic E-state index is 11.2. The number of phenolic OH excluding ortho intramolecular Hbond substituents is 2. The first-order chi connectivity index (χ1) is 16.1. The van der Waals surface area contributed by atoms with Gasteiger partial charge in [-0.25, -0.2) is 0 Å². The molecule has 0 saturated carbocycles. The molecule has 2 aromatic carbocycles. The number of benzene rings is 2. The fourth-order valence-corrected chi connectivity index (χ4v) is 7.40. The molecular weight excluding hydrogens is 517 g/mol. The molecule has 0 atom stereocenters. The van der Waals surface area contributed by atoms with Crippen LogP contribution in [0.15, 0.2) is 45.1 Å². The number of aryl methyl sites for hydroxylation is 2. The summed E-state index contributed by atoms with van der Waals surface area (Å²) in [5, 5.41) is 44.0. The van der Waals surface area contributed by atoms with Gasteiger partial charge in [0, 0.05) is 45.3 Å². The van der Waals surface area contributed by atoms with Gasteiger partial charge < -0.3 is 10.2 Å². The molecule has 4 bridgehead atoms. The monoisotopic (exact) mass is 538 g/mol. The van der Waals surface area contributed by atoms with Crippen molar-refractivity contribution in [2.75, 3.05) is 0 Å². The lowest BCUT2D eigenvalue weighted by atomic mass is 10.1. The average Bonchev–Trinajstić information content (AvgIpc) is 2.75. The zero-order valence-electron chi connectivity index (χ0n) is 18.3. The van der Waals surface area contributed by atoms with E-state index >= 15 is 0 Å². The van der Waals surface area contributed by atoms with Crippen molar-refractivity contribution in [1.29, 1.82) is 0 Å². The quantitative estimate of drug-likeness (QED) is 0.322. The third-order valence-corrected chi connectivity index (χ3v) is 9.52. The van der Waals surface area contributed by atoms with Crippen LogP contribution in [0.3, 0.4) is 0 Å². The number of phenols is 2. The second-order valence-electron chi connectivity index (χ2n) is 7.49. The lowest BCUT2D eigenvalue weighted by Crippen LogP contribution is -1.95. The van der Waals surface area contributed by atoms with Crippen molar-refractivity contribution < 1.29 is 20.1 Å². The normalized spacial score (nSPS) is 15.0. The summed E-state index contributed by atoms with van der Waals surface area (Å²) in [5.74, 6) is 1.44. The van der Waals surface area contributed by atoms with Gasteiger partial charge in [0.2, 0.25) is 0 Å². The summed E-state index contributed by atoms with van der Waals surface area (Å²) in [6.45, 7) is 3.78. The number of hydrogen-bond donors (Lipinski definition) is 2. The predicted octanol–water partition coefficient (Wildman–Crippen LogP) is 6.51. The highest BCUT2D eigenvalue weighted by molar-refractivity contribution is 8.22. The van der Waals surface area contributed by atoms with Crippen molar-refractivity contribution in [3.8, 4) is 11.5 Å². The van der Waals surface area contributed by atoms with Gasteiger partial charge >= 0.3 is 0 Å². The Bertz CT molecular complexity index is 1030. The van der Waals surface area contributed by atoms with Crippen LogP contribution >= 0.6 is 47.0 Å². The smallest absolute Gasteiger partial charge is 0.254 e. The van der Waals surface area contributed by atoms with Gasteiger partial charge in [-0.2, -0.15) is 0 Å². The molecule has 0 fully saturated rings. The third-order valence-electron chi connectivity index (χ3n) is 4.73. The Morgan fingerprint density at radius 3 is 1.18 bits per heavy atom. The minimum atomic E-state index is -0.507. The molecule has 34 heavy (non-hydrogen) atoms. The lowest BCUT2D eigenvalue weighted by molar-refractivity contribution is -0.402. The molecule has 0 aliphatic carbocycles. The first-order valence-corrected chi connectivity index (χ1v) is 13.9. The summed E-state index contributed by atoms with van der Waals surface area (Å²) in [6.07, 6.45) is 1.89. The van der Waals surface area contributed by atoms with E-state index in [1.807, 2.05) is 38.1 Å². The van der Waals surface area contributed by atoms with Crippen molar-refractivity contribution in [3.63, 3.8) is 0 Å². The van der Waals surface area contributed by atoms with Crippen LogP contribution in [-0.2, 0) is 23.0 Å². The van der Waals surface area contributed by atoms with Crippen LogP contribution in [0, 0.1) is 34.1 Å².